The van der Waals surface area contributed by atoms with E-state index >= 15 is 0 Å². The number of rotatable bonds is 2. The van der Waals surface area contributed by atoms with E-state index in [0.29, 0.717) is 5.69 Å². The summed E-state index contributed by atoms with van der Waals surface area (Å²) in [6.45, 7) is 1.72. The monoisotopic (exact) mass is 236 g/mol. The Morgan fingerprint density at radius 2 is 2.12 bits per heavy atom. The summed E-state index contributed by atoms with van der Waals surface area (Å²) in [6, 6.07) is 4.84. The van der Waals surface area contributed by atoms with Gasteiger partial charge in [-0.1, -0.05) is 0 Å². The number of non-ortho nitro benzene ring substituents is 1. The van der Waals surface area contributed by atoms with Crippen LogP contribution in [0.5, 0.6) is 0 Å². The minimum absolute atomic E-state index is 0.269. The van der Waals surface area contributed by atoms with Gasteiger partial charge in [0.1, 0.15) is 11.6 Å². The van der Waals surface area contributed by atoms with E-state index in [4.69, 9.17) is 5.73 Å². The highest BCUT2D eigenvalue weighted by molar-refractivity contribution is 5.45. The first-order valence-corrected chi connectivity index (χ1v) is 4.75. The standard InChI is InChI=1S/C10H9FN4O2/c1-6-2-10(12)13-14(6)8-3-7(11)4-9(5-8)15(16)17/h2-5H,1H3,(H2,12,13). The fourth-order valence-corrected chi connectivity index (χ4v) is 1.55. The molecule has 2 rings (SSSR count). The molecule has 6 nitrogen and oxygen atoms in total. The minimum atomic E-state index is -0.692. The SMILES string of the molecule is Cc1cc(N)nn1-c1cc(F)cc([N+](=O)[O-])c1. The van der Waals surface area contributed by atoms with Crippen molar-refractivity contribution in [1.29, 1.82) is 0 Å². The Balaban J connectivity index is 2.59. The van der Waals surface area contributed by atoms with Crippen LogP contribution in [0.2, 0.25) is 0 Å². The molecule has 7 heteroatoms. The predicted octanol–water partition coefficient (Wildman–Crippen LogP) is 1.81. The summed E-state index contributed by atoms with van der Waals surface area (Å²) in [6.07, 6.45) is 0. The molecule has 0 amide bonds. The third-order valence-electron chi connectivity index (χ3n) is 2.23. The van der Waals surface area contributed by atoms with Gasteiger partial charge in [0.05, 0.1) is 16.7 Å². The molecule has 0 aliphatic rings. The van der Waals surface area contributed by atoms with Crippen molar-refractivity contribution in [2.45, 2.75) is 6.92 Å². The van der Waals surface area contributed by atoms with Gasteiger partial charge in [-0.2, -0.15) is 5.10 Å². The van der Waals surface area contributed by atoms with E-state index in [-0.39, 0.29) is 17.2 Å². The average Bonchev–Trinajstić information content (AvgIpc) is 2.57. The largest absolute Gasteiger partial charge is 0.382 e. The van der Waals surface area contributed by atoms with Crippen LogP contribution in [0.4, 0.5) is 15.9 Å². The van der Waals surface area contributed by atoms with Gasteiger partial charge in [0, 0.05) is 23.9 Å². The molecule has 17 heavy (non-hydrogen) atoms. The molecule has 1 heterocycles. The summed E-state index contributed by atoms with van der Waals surface area (Å²) >= 11 is 0. The lowest BCUT2D eigenvalue weighted by molar-refractivity contribution is -0.385. The van der Waals surface area contributed by atoms with Crippen molar-refractivity contribution < 1.29 is 9.31 Å². The third-order valence-corrected chi connectivity index (χ3v) is 2.23. The molecule has 1 aromatic carbocycles. The van der Waals surface area contributed by atoms with E-state index in [2.05, 4.69) is 5.10 Å². The van der Waals surface area contributed by atoms with Gasteiger partial charge in [0.2, 0.25) is 0 Å². The van der Waals surface area contributed by atoms with Gasteiger partial charge in [0.15, 0.2) is 0 Å². The molecule has 0 bridgehead atoms. The Bertz CT molecular complexity index is 594. The number of aromatic nitrogens is 2. The molecular formula is C10H9FN4O2. The molecule has 0 saturated carbocycles. The summed E-state index contributed by atoms with van der Waals surface area (Å²) in [4.78, 5) is 9.95. The van der Waals surface area contributed by atoms with Gasteiger partial charge in [0.25, 0.3) is 5.69 Å². The lowest BCUT2D eigenvalue weighted by Crippen LogP contribution is -2.01. The van der Waals surface area contributed by atoms with Crippen molar-refractivity contribution in [1.82, 2.24) is 9.78 Å². The first-order valence-electron chi connectivity index (χ1n) is 4.75. The number of nitrogens with two attached hydrogens (primary N) is 1. The molecule has 0 unspecified atom stereocenters. The Labute approximate surface area is 95.6 Å². The minimum Gasteiger partial charge on any atom is -0.382 e. The van der Waals surface area contributed by atoms with Crippen molar-refractivity contribution in [2.24, 2.45) is 0 Å². The predicted molar refractivity (Wildman–Crippen MR) is 59.3 cm³/mol. The second-order valence-corrected chi connectivity index (χ2v) is 3.55. The Hall–Kier alpha value is -2.44. The zero-order valence-electron chi connectivity index (χ0n) is 8.92. The van der Waals surface area contributed by atoms with Crippen LogP contribution in [-0.2, 0) is 0 Å². The normalized spacial score (nSPS) is 10.5. The van der Waals surface area contributed by atoms with Crippen LogP contribution in [0.1, 0.15) is 5.69 Å². The number of nitro groups is 1. The number of nitrogen functional groups attached to an aromatic ring is 1. The van der Waals surface area contributed by atoms with E-state index in [1.165, 1.54) is 10.7 Å². The molecule has 0 spiro atoms. The number of hydrogen-bond donors (Lipinski definition) is 1. The van der Waals surface area contributed by atoms with Crippen LogP contribution in [-0.4, -0.2) is 14.7 Å². The molecule has 2 aromatic rings. The topological polar surface area (TPSA) is 87.0 Å². The second-order valence-electron chi connectivity index (χ2n) is 3.55. The van der Waals surface area contributed by atoms with Gasteiger partial charge in [-0.25, -0.2) is 9.07 Å². The summed E-state index contributed by atoms with van der Waals surface area (Å²) in [5, 5.41) is 14.5. The van der Waals surface area contributed by atoms with Gasteiger partial charge >= 0.3 is 0 Å². The van der Waals surface area contributed by atoms with Crippen LogP contribution in [0.25, 0.3) is 5.69 Å². The molecule has 0 aliphatic carbocycles. The van der Waals surface area contributed by atoms with Crippen LogP contribution in [0, 0.1) is 22.9 Å². The molecule has 1 aromatic heterocycles. The van der Waals surface area contributed by atoms with E-state index in [1.54, 1.807) is 13.0 Å². The third kappa shape index (κ3) is 2.07. The van der Waals surface area contributed by atoms with Crippen molar-refractivity contribution in [3.05, 3.63) is 45.9 Å². The highest BCUT2D eigenvalue weighted by Gasteiger charge is 2.12. The molecular weight excluding hydrogens is 227 g/mol. The van der Waals surface area contributed by atoms with Gasteiger partial charge in [-0.15, -0.1) is 0 Å². The number of benzene rings is 1. The number of hydrogen-bond acceptors (Lipinski definition) is 4. The maximum atomic E-state index is 13.2. The summed E-state index contributed by atoms with van der Waals surface area (Å²) in [5.74, 6) is -0.419. The van der Waals surface area contributed by atoms with E-state index in [1.807, 2.05) is 0 Å². The van der Waals surface area contributed by atoms with Crippen LogP contribution in [0.15, 0.2) is 24.3 Å². The smallest absolute Gasteiger partial charge is 0.274 e. The molecule has 88 valence electrons. The van der Waals surface area contributed by atoms with Crippen molar-refractivity contribution in [3.8, 4) is 5.69 Å². The highest BCUT2D eigenvalue weighted by Crippen LogP contribution is 2.20. The van der Waals surface area contributed by atoms with Gasteiger partial charge in [-0.3, -0.25) is 10.1 Å². The molecule has 0 atom stereocenters. The number of nitrogens with zero attached hydrogens (tertiary/aromatic N) is 3. The molecule has 0 fully saturated rings. The van der Waals surface area contributed by atoms with E-state index < -0.39 is 10.7 Å². The lowest BCUT2D eigenvalue weighted by Gasteiger charge is -2.04. The maximum Gasteiger partial charge on any atom is 0.274 e. The van der Waals surface area contributed by atoms with Crippen molar-refractivity contribution in [2.75, 3.05) is 5.73 Å². The summed E-state index contributed by atoms with van der Waals surface area (Å²) in [5.41, 5.74) is 6.11. The van der Waals surface area contributed by atoms with Crippen LogP contribution < -0.4 is 5.73 Å². The van der Waals surface area contributed by atoms with E-state index in [9.17, 15) is 14.5 Å². The van der Waals surface area contributed by atoms with E-state index in [0.717, 1.165) is 12.1 Å². The van der Waals surface area contributed by atoms with Crippen LogP contribution >= 0.6 is 0 Å². The first-order chi connectivity index (χ1) is 7.97. The molecule has 0 saturated heterocycles. The fraction of sp³-hybridized carbons (Fsp3) is 0.100. The number of nitro benzene ring substituents is 1. The lowest BCUT2D eigenvalue weighted by atomic mass is 10.2. The van der Waals surface area contributed by atoms with Crippen LogP contribution in [0.3, 0.4) is 0 Å². The summed E-state index contributed by atoms with van der Waals surface area (Å²) < 4.78 is 14.6. The van der Waals surface area contributed by atoms with Crippen molar-refractivity contribution >= 4 is 11.5 Å². The number of aryl methyl sites for hydroxylation is 1. The zero-order valence-corrected chi connectivity index (χ0v) is 8.92. The van der Waals surface area contributed by atoms with Gasteiger partial charge in [-0.05, 0) is 6.92 Å². The summed E-state index contributed by atoms with van der Waals surface area (Å²) in [7, 11) is 0. The molecule has 0 aliphatic heterocycles. The second kappa shape index (κ2) is 3.85. The zero-order chi connectivity index (χ0) is 12.6. The Morgan fingerprint density at radius 3 is 2.65 bits per heavy atom. The van der Waals surface area contributed by atoms with Gasteiger partial charge < -0.3 is 5.73 Å². The number of anilines is 1. The van der Waals surface area contributed by atoms with Crippen molar-refractivity contribution in [3.63, 3.8) is 0 Å². The maximum absolute atomic E-state index is 13.2. The molecule has 0 radical (unpaired) electrons. The fourth-order valence-electron chi connectivity index (χ4n) is 1.55. The Kier molecular flexibility index (Phi) is 2.51. The number of halogens is 1. The quantitative estimate of drug-likeness (QED) is 0.636. The first kappa shape index (κ1) is 11.1. The average molecular weight is 236 g/mol. The Morgan fingerprint density at radius 1 is 1.41 bits per heavy atom. The molecule has 2 N–H and O–H groups in total. The highest BCUT2D eigenvalue weighted by atomic mass is 19.1.